The summed E-state index contributed by atoms with van der Waals surface area (Å²) in [7, 11) is 1.69. The van der Waals surface area contributed by atoms with Gasteiger partial charge in [-0.1, -0.05) is 6.07 Å². The molecule has 2 nitrogen and oxygen atoms in total. The summed E-state index contributed by atoms with van der Waals surface area (Å²) in [5.74, 6) is 0. The van der Waals surface area contributed by atoms with Gasteiger partial charge in [-0.2, -0.15) is 0 Å². The zero-order valence-electron chi connectivity index (χ0n) is 6.64. The zero-order valence-corrected chi connectivity index (χ0v) is 6.64. The molecular formula is C8H10F2N2. The van der Waals surface area contributed by atoms with Gasteiger partial charge >= 0.3 is 0 Å². The smallest absolute Gasteiger partial charge is 0.263 e. The molecule has 1 rings (SSSR count). The number of nitrogens with one attached hydrogen (secondary N) is 1. The minimum absolute atomic E-state index is 0.0495. The average Bonchev–Trinajstić information content (AvgIpc) is 2.04. The van der Waals surface area contributed by atoms with Crippen LogP contribution in [0.3, 0.4) is 0 Å². The van der Waals surface area contributed by atoms with Crippen molar-refractivity contribution in [3.05, 3.63) is 23.8 Å². The van der Waals surface area contributed by atoms with Crippen LogP contribution in [0.5, 0.6) is 0 Å². The summed E-state index contributed by atoms with van der Waals surface area (Å²) in [6.45, 7) is 0. The quantitative estimate of drug-likeness (QED) is 0.671. The molecule has 4 heteroatoms. The molecule has 0 aromatic heterocycles. The van der Waals surface area contributed by atoms with Gasteiger partial charge in [0.2, 0.25) is 0 Å². The topological polar surface area (TPSA) is 38.0 Å². The van der Waals surface area contributed by atoms with Gasteiger partial charge in [0.05, 0.1) is 11.4 Å². The fourth-order valence-electron chi connectivity index (χ4n) is 0.945. The second kappa shape index (κ2) is 3.38. The van der Waals surface area contributed by atoms with Crippen LogP contribution in [0.4, 0.5) is 20.2 Å². The van der Waals surface area contributed by atoms with Gasteiger partial charge in [0, 0.05) is 12.6 Å². The standard InChI is InChI=1S/C8H10F2N2/c1-12-7-3-2-5(8(9)10)4-6(7)11/h2-4,8,12H,11H2,1H3. The van der Waals surface area contributed by atoms with Crippen molar-refractivity contribution in [3.63, 3.8) is 0 Å². The Labute approximate surface area is 69.4 Å². The number of hydrogen-bond donors (Lipinski definition) is 2. The van der Waals surface area contributed by atoms with Crippen molar-refractivity contribution in [2.75, 3.05) is 18.1 Å². The van der Waals surface area contributed by atoms with Gasteiger partial charge in [-0.15, -0.1) is 0 Å². The van der Waals surface area contributed by atoms with Crippen LogP contribution in [0, 0.1) is 0 Å². The maximum atomic E-state index is 12.1. The Balaban J connectivity index is 3.02. The highest BCUT2D eigenvalue weighted by Crippen LogP contribution is 2.25. The Hall–Kier alpha value is -1.32. The van der Waals surface area contributed by atoms with Crippen LogP contribution in [0.25, 0.3) is 0 Å². The third kappa shape index (κ3) is 1.64. The van der Waals surface area contributed by atoms with E-state index in [1.807, 2.05) is 0 Å². The van der Waals surface area contributed by atoms with Gasteiger partial charge in [0.25, 0.3) is 6.43 Å². The molecule has 12 heavy (non-hydrogen) atoms. The van der Waals surface area contributed by atoms with Gasteiger partial charge in [-0.25, -0.2) is 8.78 Å². The number of benzene rings is 1. The van der Waals surface area contributed by atoms with Crippen LogP contribution >= 0.6 is 0 Å². The number of alkyl halides is 2. The van der Waals surface area contributed by atoms with E-state index in [0.717, 1.165) is 0 Å². The zero-order chi connectivity index (χ0) is 9.14. The first-order valence-electron chi connectivity index (χ1n) is 3.50. The minimum Gasteiger partial charge on any atom is -0.397 e. The maximum Gasteiger partial charge on any atom is 0.263 e. The molecule has 0 amide bonds. The van der Waals surface area contributed by atoms with Crippen molar-refractivity contribution >= 4 is 11.4 Å². The Kier molecular flexibility index (Phi) is 2.47. The molecule has 0 atom stereocenters. The van der Waals surface area contributed by atoms with Gasteiger partial charge in [-0.05, 0) is 12.1 Å². The molecule has 0 saturated heterocycles. The van der Waals surface area contributed by atoms with Crippen LogP contribution in [-0.4, -0.2) is 7.05 Å². The fraction of sp³-hybridized carbons (Fsp3) is 0.250. The fourth-order valence-corrected chi connectivity index (χ4v) is 0.945. The summed E-state index contributed by atoms with van der Waals surface area (Å²) in [6, 6.07) is 4.17. The van der Waals surface area contributed by atoms with E-state index in [0.29, 0.717) is 11.4 Å². The Bertz CT molecular complexity index is 274. The molecule has 0 aliphatic heterocycles. The monoisotopic (exact) mass is 172 g/mol. The van der Waals surface area contributed by atoms with E-state index in [1.54, 1.807) is 7.05 Å². The molecule has 0 saturated carbocycles. The van der Waals surface area contributed by atoms with Gasteiger partial charge in [0.15, 0.2) is 0 Å². The molecule has 0 spiro atoms. The molecule has 1 aromatic carbocycles. The molecule has 0 unspecified atom stereocenters. The van der Waals surface area contributed by atoms with E-state index in [2.05, 4.69) is 5.32 Å². The number of anilines is 2. The first kappa shape index (κ1) is 8.77. The van der Waals surface area contributed by atoms with Gasteiger partial charge in [0.1, 0.15) is 0 Å². The Morgan fingerprint density at radius 1 is 1.42 bits per heavy atom. The van der Waals surface area contributed by atoms with Gasteiger partial charge in [-0.3, -0.25) is 0 Å². The molecule has 0 radical (unpaired) electrons. The summed E-state index contributed by atoms with van der Waals surface area (Å²) < 4.78 is 24.2. The molecule has 0 aliphatic rings. The lowest BCUT2D eigenvalue weighted by Crippen LogP contribution is -1.96. The predicted molar refractivity (Wildman–Crippen MR) is 45.4 cm³/mol. The highest BCUT2D eigenvalue weighted by molar-refractivity contribution is 5.66. The third-order valence-corrected chi connectivity index (χ3v) is 1.60. The number of rotatable bonds is 2. The average molecular weight is 172 g/mol. The lowest BCUT2D eigenvalue weighted by atomic mass is 10.2. The van der Waals surface area contributed by atoms with Crippen molar-refractivity contribution < 1.29 is 8.78 Å². The summed E-state index contributed by atoms with van der Waals surface area (Å²) in [5.41, 5.74) is 6.43. The molecule has 0 fully saturated rings. The normalized spacial score (nSPS) is 10.3. The second-order valence-electron chi connectivity index (χ2n) is 2.40. The summed E-state index contributed by atoms with van der Waals surface area (Å²) in [6.07, 6.45) is -2.46. The first-order chi connectivity index (χ1) is 5.65. The van der Waals surface area contributed by atoms with Crippen LogP contribution in [0.1, 0.15) is 12.0 Å². The Morgan fingerprint density at radius 2 is 2.08 bits per heavy atom. The van der Waals surface area contributed by atoms with Crippen molar-refractivity contribution in [1.82, 2.24) is 0 Å². The number of halogens is 2. The van der Waals surface area contributed by atoms with E-state index >= 15 is 0 Å². The van der Waals surface area contributed by atoms with Crippen molar-refractivity contribution in [2.45, 2.75) is 6.43 Å². The summed E-state index contributed by atoms with van der Waals surface area (Å²) >= 11 is 0. The summed E-state index contributed by atoms with van der Waals surface area (Å²) in [4.78, 5) is 0. The molecule has 0 aliphatic carbocycles. The van der Waals surface area contributed by atoms with Crippen LogP contribution in [-0.2, 0) is 0 Å². The minimum atomic E-state index is -2.46. The van der Waals surface area contributed by atoms with E-state index in [9.17, 15) is 8.78 Å². The van der Waals surface area contributed by atoms with Crippen LogP contribution in [0.2, 0.25) is 0 Å². The van der Waals surface area contributed by atoms with Gasteiger partial charge < -0.3 is 11.1 Å². The lowest BCUT2D eigenvalue weighted by Gasteiger charge is -2.06. The lowest BCUT2D eigenvalue weighted by molar-refractivity contribution is 0.151. The molecule has 3 N–H and O–H groups in total. The number of hydrogen-bond acceptors (Lipinski definition) is 2. The third-order valence-electron chi connectivity index (χ3n) is 1.60. The highest BCUT2D eigenvalue weighted by atomic mass is 19.3. The highest BCUT2D eigenvalue weighted by Gasteiger charge is 2.07. The van der Waals surface area contributed by atoms with Crippen LogP contribution < -0.4 is 11.1 Å². The van der Waals surface area contributed by atoms with E-state index in [-0.39, 0.29) is 5.56 Å². The van der Waals surface area contributed by atoms with E-state index in [4.69, 9.17) is 5.73 Å². The van der Waals surface area contributed by atoms with Crippen LogP contribution in [0.15, 0.2) is 18.2 Å². The molecule has 0 bridgehead atoms. The summed E-state index contributed by atoms with van der Waals surface area (Å²) in [5, 5.41) is 2.79. The van der Waals surface area contributed by atoms with E-state index < -0.39 is 6.43 Å². The molecular weight excluding hydrogens is 162 g/mol. The largest absolute Gasteiger partial charge is 0.397 e. The SMILES string of the molecule is CNc1ccc(C(F)F)cc1N. The second-order valence-corrected chi connectivity index (χ2v) is 2.40. The number of nitrogens with two attached hydrogens (primary N) is 1. The molecule has 1 aromatic rings. The Morgan fingerprint density at radius 3 is 2.50 bits per heavy atom. The number of nitrogen functional groups attached to an aromatic ring is 1. The van der Waals surface area contributed by atoms with E-state index in [1.165, 1.54) is 18.2 Å². The van der Waals surface area contributed by atoms with Crippen molar-refractivity contribution in [1.29, 1.82) is 0 Å². The first-order valence-corrected chi connectivity index (χ1v) is 3.50. The maximum absolute atomic E-state index is 12.1. The molecule has 66 valence electrons. The predicted octanol–water partition coefficient (Wildman–Crippen LogP) is 2.25. The van der Waals surface area contributed by atoms with Crippen molar-refractivity contribution in [2.24, 2.45) is 0 Å². The molecule has 0 heterocycles. The van der Waals surface area contributed by atoms with Crippen molar-refractivity contribution in [3.8, 4) is 0 Å².